The Morgan fingerprint density at radius 3 is 2.59 bits per heavy atom. The molecule has 1 unspecified atom stereocenters. The fraction of sp³-hybridized carbons (Fsp3) is 0.714. The second-order valence-corrected chi connectivity index (χ2v) is 9.75. The van der Waals surface area contributed by atoms with Gasteiger partial charge in [0.1, 0.15) is 18.3 Å². The van der Waals surface area contributed by atoms with Crippen LogP contribution in [-0.2, 0) is 9.59 Å². The highest BCUT2D eigenvalue weighted by molar-refractivity contribution is 6.32. The van der Waals surface area contributed by atoms with E-state index in [2.05, 4.69) is 6.92 Å². The molecule has 6 heteroatoms. The fourth-order valence-electron chi connectivity index (χ4n) is 6.74. The highest BCUT2D eigenvalue weighted by Crippen LogP contribution is 2.67. The van der Waals surface area contributed by atoms with E-state index in [0.29, 0.717) is 30.7 Å². The van der Waals surface area contributed by atoms with Crippen LogP contribution in [-0.4, -0.2) is 45.2 Å². The van der Waals surface area contributed by atoms with Gasteiger partial charge in [0.2, 0.25) is 0 Å². The molecular formula is C21H27ClO5. The Labute approximate surface area is 164 Å². The number of aliphatic hydroxyl groups is 3. The minimum atomic E-state index is -1.50. The summed E-state index contributed by atoms with van der Waals surface area (Å²) in [5.74, 6) is -0.462. The van der Waals surface area contributed by atoms with E-state index >= 15 is 0 Å². The Hall–Kier alpha value is -1.01. The molecule has 5 nitrogen and oxygen atoms in total. The van der Waals surface area contributed by atoms with Crippen molar-refractivity contribution in [2.24, 2.45) is 28.6 Å². The first-order chi connectivity index (χ1) is 12.6. The van der Waals surface area contributed by atoms with E-state index in [1.165, 1.54) is 6.08 Å². The number of Topliss-reactive ketones (excluding diaryl/α,β-unsaturated/α-hetero) is 1. The lowest BCUT2D eigenvalue weighted by atomic mass is 9.47. The summed E-state index contributed by atoms with van der Waals surface area (Å²) in [5, 5.41) is 31.3. The van der Waals surface area contributed by atoms with Crippen molar-refractivity contribution < 1.29 is 24.9 Å². The standard InChI is InChI=1S/C21H27ClO5/c1-19-9-17(25)16(24)8-14(19)15(22)7-11-12(19)3-5-20(2)13(11)4-6-21(20,27)18(26)10-23/h7-8,11-13,17,23,25,27H,3-6,9-10H2,1-2H3/t11-,12+,13+,17?,19-,20+,21+/m1/s1. The molecule has 0 aromatic rings. The smallest absolute Gasteiger partial charge is 0.190 e. The number of carbonyl (C=O) groups excluding carboxylic acids is 2. The van der Waals surface area contributed by atoms with Gasteiger partial charge in [0.15, 0.2) is 11.6 Å². The molecule has 4 rings (SSSR count). The maximum absolute atomic E-state index is 12.4. The second kappa shape index (κ2) is 5.99. The monoisotopic (exact) mass is 394 g/mol. The van der Waals surface area contributed by atoms with Crippen LogP contribution in [0.1, 0.15) is 46.0 Å². The molecule has 4 aliphatic rings. The summed E-state index contributed by atoms with van der Waals surface area (Å²) >= 11 is 6.60. The SMILES string of the molecule is C[C@]12CC(O)C(=O)C=C1C(Cl)=C[C@@H]1[C@@H]2CC[C@@]2(C)[C@H]1CC[C@]2(O)C(=O)CO. The number of ketones is 2. The molecule has 0 aromatic heterocycles. The van der Waals surface area contributed by atoms with Crippen LogP contribution in [0.4, 0.5) is 0 Å². The number of halogens is 1. The number of fused-ring (bicyclic) bond motifs is 5. The van der Waals surface area contributed by atoms with Gasteiger partial charge in [-0.2, -0.15) is 0 Å². The van der Waals surface area contributed by atoms with E-state index in [9.17, 15) is 24.9 Å². The van der Waals surface area contributed by atoms with Gasteiger partial charge >= 0.3 is 0 Å². The third-order valence-electron chi connectivity index (χ3n) is 8.35. The molecule has 148 valence electrons. The lowest BCUT2D eigenvalue weighted by Gasteiger charge is -2.57. The quantitative estimate of drug-likeness (QED) is 0.666. The Morgan fingerprint density at radius 1 is 1.26 bits per heavy atom. The second-order valence-electron chi connectivity index (χ2n) is 9.34. The average molecular weight is 395 g/mol. The molecule has 0 spiro atoms. The van der Waals surface area contributed by atoms with Gasteiger partial charge in [0.05, 0.1) is 0 Å². The lowest BCUT2D eigenvalue weighted by molar-refractivity contribution is -0.162. The van der Waals surface area contributed by atoms with Crippen molar-refractivity contribution >= 4 is 23.2 Å². The third kappa shape index (κ3) is 2.35. The minimum Gasteiger partial charge on any atom is -0.388 e. The van der Waals surface area contributed by atoms with Crippen LogP contribution >= 0.6 is 11.6 Å². The molecule has 0 radical (unpaired) electrons. The summed E-state index contributed by atoms with van der Waals surface area (Å²) in [7, 11) is 0. The van der Waals surface area contributed by atoms with E-state index in [-0.39, 0.29) is 23.5 Å². The van der Waals surface area contributed by atoms with E-state index in [1.54, 1.807) is 0 Å². The predicted molar refractivity (Wildman–Crippen MR) is 99.8 cm³/mol. The van der Waals surface area contributed by atoms with Crippen molar-refractivity contribution in [3.63, 3.8) is 0 Å². The molecule has 2 fully saturated rings. The van der Waals surface area contributed by atoms with Gasteiger partial charge in [0, 0.05) is 15.9 Å². The van der Waals surface area contributed by atoms with Crippen LogP contribution in [0, 0.1) is 28.6 Å². The molecular weight excluding hydrogens is 368 g/mol. The topological polar surface area (TPSA) is 94.8 Å². The molecule has 0 aliphatic heterocycles. The van der Waals surface area contributed by atoms with Crippen LogP contribution < -0.4 is 0 Å². The van der Waals surface area contributed by atoms with Gasteiger partial charge in [-0.25, -0.2) is 0 Å². The summed E-state index contributed by atoms with van der Waals surface area (Å²) in [6, 6.07) is 0. The normalized spacial score (nSPS) is 48.9. The van der Waals surface area contributed by atoms with Crippen LogP contribution in [0.15, 0.2) is 22.8 Å². The van der Waals surface area contributed by atoms with Gasteiger partial charge in [-0.05, 0) is 61.5 Å². The van der Waals surface area contributed by atoms with E-state index in [4.69, 9.17) is 11.6 Å². The molecule has 0 bridgehead atoms. The van der Waals surface area contributed by atoms with Crippen LogP contribution in [0.2, 0.25) is 0 Å². The predicted octanol–water partition coefficient (Wildman–Crippen LogP) is 2.12. The molecule has 7 atom stereocenters. The Kier molecular flexibility index (Phi) is 4.29. The molecule has 2 saturated carbocycles. The zero-order valence-electron chi connectivity index (χ0n) is 15.7. The van der Waals surface area contributed by atoms with E-state index in [0.717, 1.165) is 12.0 Å². The summed E-state index contributed by atoms with van der Waals surface area (Å²) in [4.78, 5) is 24.4. The first-order valence-electron chi connectivity index (χ1n) is 9.77. The van der Waals surface area contributed by atoms with Crippen molar-refractivity contribution in [3.8, 4) is 0 Å². The van der Waals surface area contributed by atoms with E-state index < -0.39 is 34.9 Å². The van der Waals surface area contributed by atoms with Crippen LogP contribution in [0.25, 0.3) is 0 Å². The van der Waals surface area contributed by atoms with Gasteiger partial charge in [-0.1, -0.05) is 31.5 Å². The third-order valence-corrected chi connectivity index (χ3v) is 8.68. The maximum atomic E-state index is 12.4. The summed E-state index contributed by atoms with van der Waals surface area (Å²) in [6.45, 7) is 3.38. The Bertz CT molecular complexity index is 773. The highest BCUT2D eigenvalue weighted by Gasteiger charge is 2.66. The first-order valence-corrected chi connectivity index (χ1v) is 10.1. The maximum Gasteiger partial charge on any atom is 0.190 e. The van der Waals surface area contributed by atoms with Crippen LogP contribution in [0.3, 0.4) is 0 Å². The lowest BCUT2D eigenvalue weighted by Crippen LogP contribution is -2.58. The minimum absolute atomic E-state index is 0.0682. The van der Waals surface area contributed by atoms with Gasteiger partial charge in [0.25, 0.3) is 0 Å². The number of allylic oxidation sites excluding steroid dienone is 3. The van der Waals surface area contributed by atoms with Crippen LogP contribution in [0.5, 0.6) is 0 Å². The zero-order valence-corrected chi connectivity index (χ0v) is 16.5. The molecule has 3 N–H and O–H groups in total. The average Bonchev–Trinajstić information content (AvgIpc) is 2.89. The largest absolute Gasteiger partial charge is 0.388 e. The number of rotatable bonds is 2. The molecule has 0 saturated heterocycles. The zero-order chi connectivity index (χ0) is 19.8. The van der Waals surface area contributed by atoms with Crippen molar-refractivity contribution in [3.05, 3.63) is 22.8 Å². The first kappa shape index (κ1) is 19.3. The Morgan fingerprint density at radius 2 is 1.93 bits per heavy atom. The Balaban J connectivity index is 1.78. The highest BCUT2D eigenvalue weighted by atomic mass is 35.5. The van der Waals surface area contributed by atoms with Crippen molar-refractivity contribution in [2.75, 3.05) is 6.61 Å². The molecule has 4 aliphatic carbocycles. The van der Waals surface area contributed by atoms with Gasteiger partial charge in [-0.3, -0.25) is 9.59 Å². The van der Waals surface area contributed by atoms with Crippen molar-refractivity contribution in [1.29, 1.82) is 0 Å². The molecule has 27 heavy (non-hydrogen) atoms. The summed E-state index contributed by atoms with van der Waals surface area (Å²) < 4.78 is 0. The van der Waals surface area contributed by atoms with Crippen molar-refractivity contribution in [1.82, 2.24) is 0 Å². The molecule has 0 amide bonds. The summed E-state index contributed by atoms with van der Waals surface area (Å²) in [6.07, 6.45) is 5.32. The number of hydrogen-bond acceptors (Lipinski definition) is 5. The number of hydrogen-bond donors (Lipinski definition) is 3. The summed E-state index contributed by atoms with van der Waals surface area (Å²) in [5.41, 5.74) is -1.70. The van der Waals surface area contributed by atoms with Gasteiger partial charge in [-0.15, -0.1) is 0 Å². The number of carbonyl (C=O) groups is 2. The molecule has 0 aromatic carbocycles. The molecule has 0 heterocycles. The number of aliphatic hydroxyl groups excluding tert-OH is 2. The van der Waals surface area contributed by atoms with Gasteiger partial charge < -0.3 is 15.3 Å². The fourth-order valence-corrected chi connectivity index (χ4v) is 7.16. The van der Waals surface area contributed by atoms with E-state index in [1.807, 2.05) is 13.0 Å². The van der Waals surface area contributed by atoms with Crippen molar-refractivity contribution in [2.45, 2.75) is 57.7 Å².